The van der Waals surface area contributed by atoms with Crippen LogP contribution in [0.1, 0.15) is 10.4 Å². The first-order valence-corrected chi connectivity index (χ1v) is 4.34. The van der Waals surface area contributed by atoms with Crippen molar-refractivity contribution in [2.75, 3.05) is 6.61 Å². The molecule has 0 aliphatic carbocycles. The van der Waals surface area contributed by atoms with Crippen molar-refractivity contribution in [2.45, 2.75) is 6.43 Å². The number of carbonyl (C=O) groups is 1. The number of aromatic carboxylic acids is 1. The van der Waals surface area contributed by atoms with Crippen molar-refractivity contribution in [3.8, 4) is 5.75 Å². The van der Waals surface area contributed by atoms with Crippen molar-refractivity contribution in [1.29, 1.82) is 0 Å². The van der Waals surface area contributed by atoms with Crippen molar-refractivity contribution in [1.82, 2.24) is 0 Å². The Balaban J connectivity index is 3.04. The molecule has 8 heteroatoms. The summed E-state index contributed by atoms with van der Waals surface area (Å²) in [6.07, 6.45) is -2.76. The normalized spacial score (nSPS) is 10.3. The molecule has 0 fully saturated rings. The molecule has 0 saturated heterocycles. The molecule has 0 radical (unpaired) electrons. The molecule has 0 bridgehead atoms. The zero-order valence-electron chi connectivity index (χ0n) is 8.30. The first-order valence-electron chi connectivity index (χ1n) is 4.34. The quantitative estimate of drug-likeness (QED) is 0.634. The van der Waals surface area contributed by atoms with Crippen LogP contribution in [-0.2, 0) is 0 Å². The molecule has 0 aliphatic heterocycles. The van der Waals surface area contributed by atoms with Gasteiger partial charge < -0.3 is 9.84 Å². The molecule has 0 atom stereocenters. The summed E-state index contributed by atoms with van der Waals surface area (Å²) in [5.74, 6) is -1.82. The summed E-state index contributed by atoms with van der Waals surface area (Å²) in [5, 5.41) is 19.2. The summed E-state index contributed by atoms with van der Waals surface area (Å²) in [7, 11) is 0. The lowest BCUT2D eigenvalue weighted by Crippen LogP contribution is -2.10. The maximum absolute atomic E-state index is 11.9. The van der Waals surface area contributed by atoms with Gasteiger partial charge in [0.1, 0.15) is 17.9 Å². The van der Waals surface area contributed by atoms with Gasteiger partial charge in [-0.3, -0.25) is 10.1 Å². The molecule has 17 heavy (non-hydrogen) atoms. The Morgan fingerprint density at radius 1 is 1.53 bits per heavy atom. The number of nitro benzene ring substituents is 1. The maximum atomic E-state index is 11.9. The van der Waals surface area contributed by atoms with Gasteiger partial charge in [0.25, 0.3) is 12.1 Å². The number of non-ortho nitro benzene ring substituents is 1. The van der Waals surface area contributed by atoms with Crippen LogP contribution < -0.4 is 4.74 Å². The molecule has 1 N–H and O–H groups in total. The van der Waals surface area contributed by atoms with Crippen LogP contribution in [0.15, 0.2) is 18.2 Å². The van der Waals surface area contributed by atoms with Gasteiger partial charge in [0.2, 0.25) is 0 Å². The summed E-state index contributed by atoms with van der Waals surface area (Å²) >= 11 is 0. The average molecular weight is 247 g/mol. The van der Waals surface area contributed by atoms with E-state index in [1.165, 1.54) is 0 Å². The number of nitro groups is 1. The first-order chi connectivity index (χ1) is 7.91. The largest absolute Gasteiger partial charge is 0.487 e. The lowest BCUT2D eigenvalue weighted by atomic mass is 10.2. The molecule has 0 spiro atoms. The van der Waals surface area contributed by atoms with Crippen molar-refractivity contribution >= 4 is 11.7 Å². The van der Waals surface area contributed by atoms with E-state index in [9.17, 15) is 23.7 Å². The summed E-state index contributed by atoms with van der Waals surface area (Å²) in [6, 6.07) is 2.71. The number of hydrogen-bond donors (Lipinski definition) is 1. The molecule has 92 valence electrons. The van der Waals surface area contributed by atoms with E-state index in [2.05, 4.69) is 4.74 Å². The minimum atomic E-state index is -2.76. The minimum absolute atomic E-state index is 0.330. The topological polar surface area (TPSA) is 89.7 Å². The van der Waals surface area contributed by atoms with E-state index in [0.29, 0.717) is 0 Å². The molecule has 1 aromatic rings. The van der Waals surface area contributed by atoms with Crippen LogP contribution in [0.5, 0.6) is 5.75 Å². The number of benzene rings is 1. The highest BCUT2D eigenvalue weighted by molar-refractivity contribution is 5.91. The number of rotatable bonds is 5. The zero-order chi connectivity index (χ0) is 13.0. The third kappa shape index (κ3) is 3.37. The average Bonchev–Trinajstić information content (AvgIpc) is 2.25. The Hall–Kier alpha value is -2.25. The Kier molecular flexibility index (Phi) is 3.91. The molecule has 1 rings (SSSR count). The van der Waals surface area contributed by atoms with Crippen LogP contribution in [0, 0.1) is 10.1 Å². The summed E-state index contributed by atoms with van der Waals surface area (Å²) in [6.45, 7) is -0.974. The van der Waals surface area contributed by atoms with E-state index in [4.69, 9.17) is 5.11 Å². The highest BCUT2D eigenvalue weighted by Crippen LogP contribution is 2.24. The van der Waals surface area contributed by atoms with Gasteiger partial charge >= 0.3 is 5.97 Å². The lowest BCUT2D eigenvalue weighted by Gasteiger charge is -2.08. The molecule has 0 heterocycles. The number of halogens is 2. The smallest absolute Gasteiger partial charge is 0.339 e. The number of carboxylic acid groups (broad SMARTS) is 1. The number of ether oxygens (including phenoxy) is 1. The highest BCUT2D eigenvalue weighted by atomic mass is 19.3. The van der Waals surface area contributed by atoms with Gasteiger partial charge in [-0.15, -0.1) is 0 Å². The van der Waals surface area contributed by atoms with Crippen LogP contribution in [0.4, 0.5) is 14.5 Å². The second-order valence-electron chi connectivity index (χ2n) is 2.94. The molecule has 0 unspecified atom stereocenters. The monoisotopic (exact) mass is 247 g/mol. The molecular weight excluding hydrogens is 240 g/mol. The van der Waals surface area contributed by atoms with Crippen molar-refractivity contribution in [2.24, 2.45) is 0 Å². The fraction of sp³-hybridized carbons (Fsp3) is 0.222. The third-order valence-corrected chi connectivity index (χ3v) is 1.77. The van der Waals surface area contributed by atoms with E-state index < -0.39 is 35.2 Å². The van der Waals surface area contributed by atoms with Crippen molar-refractivity contribution < 1.29 is 28.3 Å². The molecule has 0 aliphatic rings. The Labute approximate surface area is 93.6 Å². The summed E-state index contributed by atoms with van der Waals surface area (Å²) < 4.78 is 28.3. The van der Waals surface area contributed by atoms with E-state index in [1.54, 1.807) is 0 Å². The van der Waals surface area contributed by atoms with Crippen LogP contribution in [-0.4, -0.2) is 29.0 Å². The van der Waals surface area contributed by atoms with E-state index in [0.717, 1.165) is 18.2 Å². The third-order valence-electron chi connectivity index (χ3n) is 1.77. The maximum Gasteiger partial charge on any atom is 0.339 e. The van der Waals surface area contributed by atoms with Gasteiger partial charge in [0.15, 0.2) is 0 Å². The molecule has 0 saturated carbocycles. The van der Waals surface area contributed by atoms with E-state index in [1.807, 2.05) is 0 Å². The minimum Gasteiger partial charge on any atom is -0.487 e. The molecule has 6 nitrogen and oxygen atoms in total. The fourth-order valence-electron chi connectivity index (χ4n) is 1.08. The van der Waals surface area contributed by atoms with Crippen LogP contribution in [0.2, 0.25) is 0 Å². The van der Waals surface area contributed by atoms with Gasteiger partial charge in [-0.05, 0) is 6.07 Å². The first kappa shape index (κ1) is 12.8. The summed E-state index contributed by atoms with van der Waals surface area (Å²) in [5.41, 5.74) is -0.980. The Morgan fingerprint density at radius 2 is 2.18 bits per heavy atom. The van der Waals surface area contributed by atoms with Gasteiger partial charge in [0.05, 0.1) is 4.92 Å². The zero-order valence-corrected chi connectivity index (χ0v) is 8.30. The Bertz CT molecular complexity index is 449. The number of hydrogen-bond acceptors (Lipinski definition) is 4. The number of alkyl halides is 2. The number of nitrogens with zero attached hydrogens (tertiary/aromatic N) is 1. The van der Waals surface area contributed by atoms with Crippen LogP contribution in [0.25, 0.3) is 0 Å². The summed E-state index contributed by atoms with van der Waals surface area (Å²) in [4.78, 5) is 20.4. The van der Waals surface area contributed by atoms with Crippen molar-refractivity contribution in [3.05, 3.63) is 33.9 Å². The lowest BCUT2D eigenvalue weighted by molar-refractivity contribution is -0.384. The van der Waals surface area contributed by atoms with Crippen LogP contribution in [0.3, 0.4) is 0 Å². The predicted molar refractivity (Wildman–Crippen MR) is 51.6 cm³/mol. The van der Waals surface area contributed by atoms with Gasteiger partial charge in [-0.25, -0.2) is 13.6 Å². The number of carboxylic acids is 1. The SMILES string of the molecule is O=C(O)c1cc([N+](=O)[O-])ccc1OCC(F)F. The molecular formula is C9H7F2NO5. The molecule has 0 aromatic heterocycles. The standard InChI is InChI=1S/C9H7F2NO5/c10-8(11)4-17-7-2-1-5(12(15)16)3-6(7)9(13)14/h1-3,8H,4H2,(H,13,14). The van der Waals surface area contributed by atoms with Gasteiger partial charge in [0, 0.05) is 12.1 Å². The van der Waals surface area contributed by atoms with Crippen LogP contribution >= 0.6 is 0 Å². The second-order valence-corrected chi connectivity index (χ2v) is 2.94. The second kappa shape index (κ2) is 5.19. The van der Waals surface area contributed by atoms with Gasteiger partial charge in [-0.2, -0.15) is 0 Å². The van der Waals surface area contributed by atoms with E-state index >= 15 is 0 Å². The van der Waals surface area contributed by atoms with Crippen molar-refractivity contribution in [3.63, 3.8) is 0 Å². The highest BCUT2D eigenvalue weighted by Gasteiger charge is 2.18. The molecule has 1 aromatic carbocycles. The Morgan fingerprint density at radius 3 is 2.65 bits per heavy atom. The molecule has 0 amide bonds. The fourth-order valence-corrected chi connectivity index (χ4v) is 1.08. The van der Waals surface area contributed by atoms with Gasteiger partial charge in [-0.1, -0.05) is 0 Å². The predicted octanol–water partition coefficient (Wildman–Crippen LogP) is 1.94. The van der Waals surface area contributed by atoms with E-state index in [-0.39, 0.29) is 5.75 Å².